The molecule has 0 saturated heterocycles. The SMILES string of the molecule is C[Si](C)(C)CCOCn1cc2cccc(C(N)=O)c2n1. The van der Waals surface area contributed by atoms with Crippen LogP contribution in [-0.2, 0) is 11.5 Å². The Morgan fingerprint density at radius 3 is 2.80 bits per heavy atom. The Balaban J connectivity index is 2.05. The minimum absolute atomic E-state index is 0.400. The smallest absolute Gasteiger partial charge is 0.250 e. The number of nitrogens with zero attached hydrogens (tertiary/aromatic N) is 2. The molecule has 2 rings (SSSR count). The van der Waals surface area contributed by atoms with E-state index in [-0.39, 0.29) is 0 Å². The van der Waals surface area contributed by atoms with Crippen molar-refractivity contribution in [2.24, 2.45) is 5.73 Å². The summed E-state index contributed by atoms with van der Waals surface area (Å²) in [6.07, 6.45) is 1.87. The zero-order chi connectivity index (χ0) is 14.8. The monoisotopic (exact) mass is 291 g/mol. The first-order valence-electron chi connectivity index (χ1n) is 6.70. The lowest BCUT2D eigenvalue weighted by Gasteiger charge is -2.15. The molecule has 2 aromatic rings. The van der Waals surface area contributed by atoms with E-state index in [0.29, 0.717) is 17.8 Å². The van der Waals surface area contributed by atoms with Crippen LogP contribution in [0.4, 0.5) is 0 Å². The van der Waals surface area contributed by atoms with Gasteiger partial charge in [-0.15, -0.1) is 0 Å². The number of primary amides is 1. The quantitative estimate of drug-likeness (QED) is 0.656. The maximum atomic E-state index is 11.3. The minimum atomic E-state index is -1.07. The van der Waals surface area contributed by atoms with Gasteiger partial charge in [-0.3, -0.25) is 4.79 Å². The van der Waals surface area contributed by atoms with Crippen molar-refractivity contribution in [1.82, 2.24) is 9.78 Å². The molecule has 0 spiro atoms. The van der Waals surface area contributed by atoms with Gasteiger partial charge in [0.15, 0.2) is 0 Å². The Hall–Kier alpha value is -1.66. The molecule has 0 aliphatic heterocycles. The van der Waals surface area contributed by atoms with Gasteiger partial charge in [0.25, 0.3) is 5.91 Å². The largest absolute Gasteiger partial charge is 0.366 e. The van der Waals surface area contributed by atoms with E-state index in [0.717, 1.165) is 18.0 Å². The van der Waals surface area contributed by atoms with Crippen molar-refractivity contribution in [2.45, 2.75) is 32.4 Å². The second-order valence-electron chi connectivity index (χ2n) is 6.12. The standard InChI is InChI=1S/C14H21N3O2Si/c1-20(2,3)8-7-19-10-17-9-11-5-4-6-12(14(15)18)13(11)16-17/h4-6,9H,7-8,10H2,1-3H3,(H2,15,18). The van der Waals surface area contributed by atoms with Crippen molar-refractivity contribution >= 4 is 24.9 Å². The molecular weight excluding hydrogens is 270 g/mol. The van der Waals surface area contributed by atoms with Gasteiger partial charge in [-0.05, 0) is 12.1 Å². The molecule has 0 aliphatic rings. The summed E-state index contributed by atoms with van der Waals surface area (Å²) in [5.74, 6) is -0.458. The fourth-order valence-corrected chi connectivity index (χ4v) is 2.65. The van der Waals surface area contributed by atoms with Gasteiger partial charge in [-0.2, -0.15) is 5.10 Å². The molecule has 0 atom stereocenters. The van der Waals surface area contributed by atoms with Gasteiger partial charge in [-0.25, -0.2) is 4.68 Å². The van der Waals surface area contributed by atoms with Crippen LogP contribution < -0.4 is 5.73 Å². The van der Waals surface area contributed by atoms with Crippen molar-refractivity contribution in [3.05, 3.63) is 30.0 Å². The molecule has 0 fully saturated rings. The lowest BCUT2D eigenvalue weighted by atomic mass is 10.1. The van der Waals surface area contributed by atoms with E-state index in [2.05, 4.69) is 24.7 Å². The van der Waals surface area contributed by atoms with Crippen LogP contribution in [0.5, 0.6) is 0 Å². The van der Waals surface area contributed by atoms with Crippen LogP contribution in [0.25, 0.3) is 10.9 Å². The number of fused-ring (bicyclic) bond motifs is 1. The highest BCUT2D eigenvalue weighted by Crippen LogP contribution is 2.16. The summed E-state index contributed by atoms with van der Waals surface area (Å²) < 4.78 is 7.35. The summed E-state index contributed by atoms with van der Waals surface area (Å²) in [6, 6.07) is 6.53. The predicted octanol–water partition coefficient (Wildman–Crippen LogP) is 2.45. The molecule has 2 N–H and O–H groups in total. The van der Waals surface area contributed by atoms with Crippen LogP contribution in [0, 0.1) is 0 Å². The van der Waals surface area contributed by atoms with Gasteiger partial charge in [0, 0.05) is 26.3 Å². The van der Waals surface area contributed by atoms with E-state index in [1.54, 1.807) is 16.8 Å². The van der Waals surface area contributed by atoms with Gasteiger partial charge in [0.2, 0.25) is 0 Å². The Morgan fingerprint density at radius 1 is 1.40 bits per heavy atom. The molecule has 0 radical (unpaired) electrons. The summed E-state index contributed by atoms with van der Waals surface area (Å²) in [5, 5.41) is 5.27. The Morgan fingerprint density at radius 2 is 2.15 bits per heavy atom. The number of benzene rings is 1. The lowest BCUT2D eigenvalue weighted by Crippen LogP contribution is -2.22. The third kappa shape index (κ3) is 3.67. The predicted molar refractivity (Wildman–Crippen MR) is 82.4 cm³/mol. The number of carbonyl (C=O) groups is 1. The van der Waals surface area contributed by atoms with Crippen LogP contribution in [-0.4, -0.2) is 30.4 Å². The minimum Gasteiger partial charge on any atom is -0.366 e. The molecule has 0 unspecified atom stereocenters. The Kier molecular flexibility index (Phi) is 4.25. The van der Waals surface area contributed by atoms with E-state index < -0.39 is 14.0 Å². The number of nitrogens with two attached hydrogens (primary N) is 1. The summed E-state index contributed by atoms with van der Waals surface area (Å²) in [5.41, 5.74) is 6.42. The van der Waals surface area contributed by atoms with Crippen molar-refractivity contribution in [2.75, 3.05) is 6.61 Å². The highest BCUT2D eigenvalue weighted by molar-refractivity contribution is 6.76. The zero-order valence-corrected chi connectivity index (χ0v) is 13.2. The van der Waals surface area contributed by atoms with Crippen LogP contribution in [0.1, 0.15) is 10.4 Å². The summed E-state index contributed by atoms with van der Waals surface area (Å²) in [4.78, 5) is 11.3. The van der Waals surface area contributed by atoms with Gasteiger partial charge in [0.1, 0.15) is 12.2 Å². The summed E-state index contributed by atoms with van der Waals surface area (Å²) in [7, 11) is -1.07. The molecule has 1 aromatic heterocycles. The van der Waals surface area contributed by atoms with E-state index in [9.17, 15) is 4.79 Å². The third-order valence-electron chi connectivity index (χ3n) is 3.07. The van der Waals surface area contributed by atoms with Crippen LogP contribution >= 0.6 is 0 Å². The maximum absolute atomic E-state index is 11.3. The number of hydrogen-bond acceptors (Lipinski definition) is 3. The highest BCUT2D eigenvalue weighted by Gasteiger charge is 2.13. The first-order chi connectivity index (χ1) is 9.37. The number of hydrogen-bond donors (Lipinski definition) is 1. The topological polar surface area (TPSA) is 70.1 Å². The van der Waals surface area contributed by atoms with Crippen LogP contribution in [0.15, 0.2) is 24.4 Å². The molecule has 6 heteroatoms. The number of amides is 1. The average Bonchev–Trinajstić information content (AvgIpc) is 2.75. The molecule has 108 valence electrons. The molecule has 0 aliphatic carbocycles. The fourth-order valence-electron chi connectivity index (χ4n) is 1.90. The number of ether oxygens (including phenoxy) is 1. The highest BCUT2D eigenvalue weighted by atomic mass is 28.3. The normalized spacial score (nSPS) is 11.9. The zero-order valence-electron chi connectivity index (χ0n) is 12.2. The summed E-state index contributed by atoms with van der Waals surface area (Å²) in [6.45, 7) is 8.10. The van der Waals surface area contributed by atoms with Gasteiger partial charge < -0.3 is 10.5 Å². The summed E-state index contributed by atoms with van der Waals surface area (Å²) >= 11 is 0. The van der Waals surface area contributed by atoms with Crippen LogP contribution in [0.2, 0.25) is 25.7 Å². The first kappa shape index (κ1) is 14.7. The van der Waals surface area contributed by atoms with Gasteiger partial charge >= 0.3 is 0 Å². The van der Waals surface area contributed by atoms with Crippen molar-refractivity contribution in [3.63, 3.8) is 0 Å². The van der Waals surface area contributed by atoms with Gasteiger partial charge in [-0.1, -0.05) is 31.8 Å². The molecular formula is C14H21N3O2Si. The van der Waals surface area contributed by atoms with E-state index in [1.165, 1.54) is 0 Å². The van der Waals surface area contributed by atoms with Crippen molar-refractivity contribution in [3.8, 4) is 0 Å². The van der Waals surface area contributed by atoms with Crippen molar-refractivity contribution < 1.29 is 9.53 Å². The van der Waals surface area contributed by atoms with E-state index in [1.807, 2.05) is 12.3 Å². The molecule has 1 aromatic carbocycles. The Labute approximate surface area is 119 Å². The lowest BCUT2D eigenvalue weighted by molar-refractivity contribution is 0.0790. The maximum Gasteiger partial charge on any atom is 0.250 e. The fraction of sp³-hybridized carbons (Fsp3) is 0.429. The number of carbonyl (C=O) groups excluding carboxylic acids is 1. The van der Waals surface area contributed by atoms with E-state index in [4.69, 9.17) is 10.5 Å². The molecule has 5 nitrogen and oxygen atoms in total. The third-order valence-corrected chi connectivity index (χ3v) is 4.77. The second-order valence-corrected chi connectivity index (χ2v) is 11.7. The van der Waals surface area contributed by atoms with Crippen LogP contribution in [0.3, 0.4) is 0 Å². The molecule has 0 saturated carbocycles. The molecule has 20 heavy (non-hydrogen) atoms. The molecule has 1 amide bonds. The first-order valence-corrected chi connectivity index (χ1v) is 10.4. The molecule has 1 heterocycles. The number of rotatable bonds is 6. The second kappa shape index (κ2) is 5.76. The average molecular weight is 291 g/mol. The van der Waals surface area contributed by atoms with E-state index >= 15 is 0 Å². The Bertz CT molecular complexity index is 616. The van der Waals surface area contributed by atoms with Crippen molar-refractivity contribution in [1.29, 1.82) is 0 Å². The molecule has 0 bridgehead atoms. The number of aromatic nitrogens is 2. The van der Waals surface area contributed by atoms with Gasteiger partial charge in [0.05, 0.1) is 5.56 Å².